The summed E-state index contributed by atoms with van der Waals surface area (Å²) in [5, 5.41) is 11.9. The summed E-state index contributed by atoms with van der Waals surface area (Å²) in [6.45, 7) is 1.12. The van der Waals surface area contributed by atoms with Gasteiger partial charge >= 0.3 is 0 Å². The molecule has 2 N–H and O–H groups in total. The number of ether oxygens (including phenoxy) is 2. The van der Waals surface area contributed by atoms with E-state index in [4.69, 9.17) is 21.0 Å². The minimum Gasteiger partial charge on any atom is -0.459 e. The number of unbranched alkanes of at least 4 members (excludes halogenated alkanes) is 1. The van der Waals surface area contributed by atoms with Gasteiger partial charge in [0, 0.05) is 31.1 Å². The van der Waals surface area contributed by atoms with Crippen molar-refractivity contribution in [2.24, 2.45) is 0 Å². The average molecular weight is 420 g/mol. The van der Waals surface area contributed by atoms with Gasteiger partial charge in [0.1, 0.15) is 0 Å². The highest BCUT2D eigenvalue weighted by Gasteiger charge is 2.28. The molecule has 5 nitrogen and oxygen atoms in total. The van der Waals surface area contributed by atoms with E-state index >= 15 is 0 Å². The number of terminal acetylenes is 1. The summed E-state index contributed by atoms with van der Waals surface area (Å²) >= 11 is 0. The third-order valence-electron chi connectivity index (χ3n) is 5.18. The van der Waals surface area contributed by atoms with Crippen LogP contribution in [0.5, 0.6) is 0 Å². The van der Waals surface area contributed by atoms with E-state index in [1.165, 1.54) is 0 Å². The van der Waals surface area contributed by atoms with Crippen LogP contribution in [0.2, 0.25) is 0 Å². The van der Waals surface area contributed by atoms with E-state index in [9.17, 15) is 4.79 Å². The number of carbonyl (C=O) groups is 1. The zero-order chi connectivity index (χ0) is 21.9. The first kappa shape index (κ1) is 22.6. The van der Waals surface area contributed by atoms with Gasteiger partial charge in [-0.05, 0) is 48.6 Å². The fourth-order valence-electron chi connectivity index (χ4n) is 3.46. The Hall–Kier alpha value is -3.07. The molecule has 0 aliphatic carbocycles. The predicted octanol–water partition coefficient (Wildman–Crippen LogP) is 3.53. The maximum Gasteiger partial charge on any atom is 0.286 e. The fraction of sp³-hybridized carbons (Fsp3) is 0.346. The minimum absolute atomic E-state index is 0.0155. The van der Waals surface area contributed by atoms with Crippen molar-refractivity contribution in [1.29, 1.82) is 0 Å². The molecule has 0 bridgehead atoms. The molecule has 0 fully saturated rings. The fourth-order valence-corrected chi connectivity index (χ4v) is 3.46. The number of carbonyl (C=O) groups excluding carboxylic acids is 1. The number of benzene rings is 2. The Bertz CT molecular complexity index is 899. The molecular formula is C26H29NO4. The quantitative estimate of drug-likeness (QED) is 0.457. The first-order chi connectivity index (χ1) is 15.2. The van der Waals surface area contributed by atoms with Crippen LogP contribution in [0.25, 0.3) is 0 Å². The van der Waals surface area contributed by atoms with Crippen molar-refractivity contribution >= 4 is 5.91 Å². The van der Waals surface area contributed by atoms with Gasteiger partial charge in [0.05, 0.1) is 6.61 Å². The van der Waals surface area contributed by atoms with E-state index in [2.05, 4.69) is 11.2 Å². The molecule has 5 heteroatoms. The monoisotopic (exact) mass is 419 g/mol. The third kappa shape index (κ3) is 6.99. The number of hydrogen-bond donors (Lipinski definition) is 2. The standard InChI is InChI=1S/C26H29NO4/c1-2-20-10-12-22(13-11-20)23-18-24(31-25(19-23)30-17-7-6-16-28)26(29)27-15-14-21-8-4-3-5-9-21/h1,3-5,8-13,18,23,25,28H,6-7,14-17,19H2,(H,27,29)/t23-,25+/m0/s1. The first-order valence-corrected chi connectivity index (χ1v) is 10.7. The lowest BCUT2D eigenvalue weighted by Crippen LogP contribution is -2.34. The van der Waals surface area contributed by atoms with E-state index in [1.54, 1.807) is 0 Å². The Balaban J connectivity index is 1.66. The Kier molecular flexibility index (Phi) is 8.71. The lowest BCUT2D eigenvalue weighted by atomic mass is 9.92. The largest absolute Gasteiger partial charge is 0.459 e. The molecule has 0 saturated heterocycles. The molecule has 0 unspecified atom stereocenters. The number of aliphatic hydroxyl groups is 1. The van der Waals surface area contributed by atoms with Gasteiger partial charge in [0.2, 0.25) is 6.29 Å². The summed E-state index contributed by atoms with van der Waals surface area (Å²) in [5.41, 5.74) is 3.04. The Labute approximate surface area is 184 Å². The second kappa shape index (κ2) is 11.9. The van der Waals surface area contributed by atoms with Gasteiger partial charge in [-0.15, -0.1) is 6.42 Å². The predicted molar refractivity (Wildman–Crippen MR) is 120 cm³/mol. The average Bonchev–Trinajstić information content (AvgIpc) is 2.82. The summed E-state index contributed by atoms with van der Waals surface area (Å²) < 4.78 is 11.7. The normalized spacial score (nSPS) is 17.9. The lowest BCUT2D eigenvalue weighted by molar-refractivity contribution is -0.146. The van der Waals surface area contributed by atoms with Crippen LogP contribution in [0.4, 0.5) is 0 Å². The van der Waals surface area contributed by atoms with Gasteiger partial charge in [0.15, 0.2) is 5.76 Å². The number of hydrogen-bond acceptors (Lipinski definition) is 4. The van der Waals surface area contributed by atoms with Gasteiger partial charge < -0.3 is 19.9 Å². The molecule has 162 valence electrons. The number of nitrogens with one attached hydrogen (secondary N) is 1. The van der Waals surface area contributed by atoms with Crippen molar-refractivity contribution in [1.82, 2.24) is 5.32 Å². The van der Waals surface area contributed by atoms with Crippen LogP contribution >= 0.6 is 0 Å². The van der Waals surface area contributed by atoms with E-state index in [1.807, 2.05) is 60.7 Å². The molecule has 1 amide bonds. The number of aliphatic hydroxyl groups excluding tert-OH is 1. The summed E-state index contributed by atoms with van der Waals surface area (Å²) in [5.74, 6) is 2.63. The Morgan fingerprint density at radius 2 is 1.94 bits per heavy atom. The van der Waals surface area contributed by atoms with E-state index < -0.39 is 6.29 Å². The van der Waals surface area contributed by atoms with Gasteiger partial charge in [-0.25, -0.2) is 0 Å². The van der Waals surface area contributed by atoms with Crippen molar-refractivity contribution < 1.29 is 19.4 Å². The van der Waals surface area contributed by atoms with Crippen molar-refractivity contribution in [3.63, 3.8) is 0 Å². The Morgan fingerprint density at radius 3 is 2.65 bits per heavy atom. The molecule has 1 aliphatic heterocycles. The smallest absolute Gasteiger partial charge is 0.286 e. The molecule has 0 spiro atoms. The number of amides is 1. The molecule has 2 aromatic rings. The summed E-state index contributed by atoms with van der Waals surface area (Å²) in [6.07, 6.45) is 9.56. The van der Waals surface area contributed by atoms with Crippen LogP contribution in [0.1, 0.15) is 41.9 Å². The van der Waals surface area contributed by atoms with E-state index in [0.29, 0.717) is 26.0 Å². The van der Waals surface area contributed by atoms with Gasteiger partial charge in [-0.2, -0.15) is 0 Å². The van der Waals surface area contributed by atoms with Crippen LogP contribution in [-0.2, 0) is 20.7 Å². The maximum absolute atomic E-state index is 12.8. The third-order valence-corrected chi connectivity index (χ3v) is 5.18. The van der Waals surface area contributed by atoms with Crippen LogP contribution in [0.15, 0.2) is 66.4 Å². The topological polar surface area (TPSA) is 67.8 Å². The highest BCUT2D eigenvalue weighted by atomic mass is 16.7. The van der Waals surface area contributed by atoms with Crippen LogP contribution in [-0.4, -0.2) is 37.1 Å². The van der Waals surface area contributed by atoms with Gasteiger partial charge in [-0.1, -0.05) is 48.4 Å². The molecule has 1 heterocycles. The highest BCUT2D eigenvalue weighted by molar-refractivity contribution is 5.91. The second-order valence-corrected chi connectivity index (χ2v) is 7.48. The molecule has 2 atom stereocenters. The molecule has 0 aromatic heterocycles. The van der Waals surface area contributed by atoms with Crippen molar-refractivity contribution in [2.45, 2.75) is 37.9 Å². The summed E-state index contributed by atoms with van der Waals surface area (Å²) in [4.78, 5) is 12.8. The highest BCUT2D eigenvalue weighted by Crippen LogP contribution is 2.31. The lowest BCUT2D eigenvalue weighted by Gasteiger charge is -2.29. The van der Waals surface area contributed by atoms with Crippen LogP contribution in [0.3, 0.4) is 0 Å². The van der Waals surface area contributed by atoms with Gasteiger partial charge in [0.25, 0.3) is 5.91 Å². The molecule has 3 rings (SSSR count). The molecule has 1 aliphatic rings. The second-order valence-electron chi connectivity index (χ2n) is 7.48. The van der Waals surface area contributed by atoms with Crippen molar-refractivity contribution in [3.8, 4) is 12.3 Å². The molecule has 2 aromatic carbocycles. The number of allylic oxidation sites excluding steroid dienone is 1. The minimum atomic E-state index is -0.518. The van der Waals surface area contributed by atoms with E-state index in [-0.39, 0.29) is 24.2 Å². The van der Waals surface area contributed by atoms with Crippen LogP contribution < -0.4 is 5.32 Å². The SMILES string of the molecule is C#Cc1ccc([C@H]2C=C(C(=O)NCCc3ccccc3)O[C@@H](OCCCCO)C2)cc1. The summed E-state index contributed by atoms with van der Waals surface area (Å²) in [7, 11) is 0. The van der Waals surface area contributed by atoms with Crippen molar-refractivity contribution in [3.05, 3.63) is 83.1 Å². The van der Waals surface area contributed by atoms with Gasteiger partial charge in [-0.3, -0.25) is 4.79 Å². The van der Waals surface area contributed by atoms with Crippen LogP contribution in [0, 0.1) is 12.3 Å². The molecule has 31 heavy (non-hydrogen) atoms. The molecule has 0 saturated carbocycles. The van der Waals surface area contributed by atoms with Crippen molar-refractivity contribution in [2.75, 3.05) is 19.8 Å². The molecule has 0 radical (unpaired) electrons. The first-order valence-electron chi connectivity index (χ1n) is 10.7. The zero-order valence-corrected chi connectivity index (χ0v) is 17.6. The zero-order valence-electron chi connectivity index (χ0n) is 17.6. The van der Waals surface area contributed by atoms with E-state index in [0.717, 1.165) is 29.5 Å². The summed E-state index contributed by atoms with van der Waals surface area (Å²) in [6, 6.07) is 17.8. The maximum atomic E-state index is 12.8. The molecular weight excluding hydrogens is 390 g/mol. The number of rotatable bonds is 10. The Morgan fingerprint density at radius 1 is 1.16 bits per heavy atom.